The van der Waals surface area contributed by atoms with E-state index < -0.39 is 0 Å². The van der Waals surface area contributed by atoms with Gasteiger partial charge in [-0.05, 0) is 70.0 Å². The number of ether oxygens (including phenoxy) is 1. The van der Waals surface area contributed by atoms with Gasteiger partial charge in [0.15, 0.2) is 0 Å². The highest BCUT2D eigenvalue weighted by atomic mass is 16.5. The van der Waals surface area contributed by atoms with E-state index in [2.05, 4.69) is 41.4 Å². The summed E-state index contributed by atoms with van der Waals surface area (Å²) in [7, 11) is 0. The number of nitrogens with zero attached hydrogens (tertiary/aromatic N) is 1. The molecule has 0 spiro atoms. The van der Waals surface area contributed by atoms with Gasteiger partial charge >= 0.3 is 5.97 Å². The van der Waals surface area contributed by atoms with Gasteiger partial charge in [0.25, 0.3) is 0 Å². The standard InChI is InChI=1S/C24H30N2O3/c1-4-29-24(28)21-6-5-7-22(18(21)3)25-23(27)20-12-14-26(15-13-20)16-19-10-8-17(2)9-11-19/h5-11,20H,4,12-16H2,1-3H3,(H,25,27). The molecule has 0 radical (unpaired) electrons. The summed E-state index contributed by atoms with van der Waals surface area (Å²) in [6, 6.07) is 14.0. The average Bonchev–Trinajstić information content (AvgIpc) is 2.72. The fraction of sp³-hybridized carbons (Fsp3) is 0.417. The van der Waals surface area contributed by atoms with Gasteiger partial charge in [-0.1, -0.05) is 35.9 Å². The Labute approximate surface area is 173 Å². The molecule has 0 atom stereocenters. The van der Waals surface area contributed by atoms with Gasteiger partial charge in [0.05, 0.1) is 12.2 Å². The maximum atomic E-state index is 12.8. The highest BCUT2D eigenvalue weighted by Crippen LogP contribution is 2.24. The first-order valence-corrected chi connectivity index (χ1v) is 10.3. The number of amides is 1. The summed E-state index contributed by atoms with van der Waals surface area (Å²) < 4.78 is 5.10. The van der Waals surface area contributed by atoms with Gasteiger partial charge in [-0.25, -0.2) is 4.79 Å². The molecule has 1 heterocycles. The van der Waals surface area contributed by atoms with Crippen molar-refractivity contribution >= 4 is 17.6 Å². The monoisotopic (exact) mass is 394 g/mol. The summed E-state index contributed by atoms with van der Waals surface area (Å²) in [6.07, 6.45) is 1.68. The number of carbonyl (C=O) groups is 2. The summed E-state index contributed by atoms with van der Waals surface area (Å²) in [4.78, 5) is 27.3. The molecule has 0 aromatic heterocycles. The molecule has 0 saturated carbocycles. The summed E-state index contributed by atoms with van der Waals surface area (Å²) in [6.45, 7) is 8.79. The third kappa shape index (κ3) is 5.45. The number of likely N-dealkylation sites (tertiary alicyclic amines) is 1. The third-order valence-electron chi connectivity index (χ3n) is 5.57. The Kier molecular flexibility index (Phi) is 7.04. The molecule has 1 fully saturated rings. The fourth-order valence-electron chi connectivity index (χ4n) is 3.74. The first kappa shape index (κ1) is 21.1. The highest BCUT2D eigenvalue weighted by molar-refractivity contribution is 5.97. The minimum Gasteiger partial charge on any atom is -0.462 e. The molecule has 2 aromatic rings. The minimum atomic E-state index is -0.356. The van der Waals surface area contributed by atoms with E-state index in [1.807, 2.05) is 13.0 Å². The zero-order valence-electron chi connectivity index (χ0n) is 17.5. The van der Waals surface area contributed by atoms with Crippen LogP contribution in [0.5, 0.6) is 0 Å². The normalized spacial score (nSPS) is 15.1. The number of hydrogen-bond acceptors (Lipinski definition) is 4. The Balaban J connectivity index is 1.55. The fourth-order valence-corrected chi connectivity index (χ4v) is 3.74. The highest BCUT2D eigenvalue weighted by Gasteiger charge is 2.25. The number of anilines is 1. The van der Waals surface area contributed by atoms with Crippen LogP contribution in [0.1, 0.15) is 46.8 Å². The lowest BCUT2D eigenvalue weighted by molar-refractivity contribution is -0.121. The van der Waals surface area contributed by atoms with E-state index >= 15 is 0 Å². The van der Waals surface area contributed by atoms with Gasteiger partial charge < -0.3 is 10.1 Å². The second-order valence-electron chi connectivity index (χ2n) is 7.72. The summed E-state index contributed by atoms with van der Waals surface area (Å²) >= 11 is 0. The molecule has 1 aliphatic rings. The Bertz CT molecular complexity index is 853. The lowest BCUT2D eigenvalue weighted by atomic mass is 9.95. The van der Waals surface area contributed by atoms with Crippen molar-refractivity contribution < 1.29 is 14.3 Å². The van der Waals surface area contributed by atoms with Crippen LogP contribution >= 0.6 is 0 Å². The van der Waals surface area contributed by atoms with Crippen LogP contribution in [-0.2, 0) is 16.1 Å². The van der Waals surface area contributed by atoms with Crippen LogP contribution in [0, 0.1) is 19.8 Å². The second kappa shape index (κ2) is 9.70. The smallest absolute Gasteiger partial charge is 0.338 e. The van der Waals surface area contributed by atoms with Gasteiger partial charge in [0.1, 0.15) is 0 Å². The minimum absolute atomic E-state index is 0.00471. The number of benzene rings is 2. The average molecular weight is 395 g/mol. The molecule has 3 rings (SSSR count). The first-order valence-electron chi connectivity index (χ1n) is 10.3. The van der Waals surface area contributed by atoms with E-state index in [-0.39, 0.29) is 17.8 Å². The molecule has 5 heteroatoms. The summed E-state index contributed by atoms with van der Waals surface area (Å²) in [5.41, 5.74) is 4.51. The molecule has 1 saturated heterocycles. The van der Waals surface area contributed by atoms with Gasteiger partial charge in [-0.3, -0.25) is 9.69 Å². The van der Waals surface area contributed by atoms with Crippen molar-refractivity contribution in [1.82, 2.24) is 4.90 Å². The Morgan fingerprint density at radius 2 is 1.76 bits per heavy atom. The molecule has 1 aliphatic heterocycles. The van der Waals surface area contributed by atoms with Crippen molar-refractivity contribution in [3.8, 4) is 0 Å². The summed E-state index contributed by atoms with van der Waals surface area (Å²) in [5, 5.41) is 3.02. The molecule has 0 bridgehead atoms. The molecule has 0 aliphatic carbocycles. The van der Waals surface area contributed by atoms with E-state index in [9.17, 15) is 9.59 Å². The number of carbonyl (C=O) groups excluding carboxylic acids is 2. The molecule has 2 aromatic carbocycles. The van der Waals surface area contributed by atoms with E-state index in [1.54, 1.807) is 19.1 Å². The Morgan fingerprint density at radius 3 is 2.41 bits per heavy atom. The number of piperidine rings is 1. The number of aryl methyl sites for hydroxylation is 1. The molecule has 1 amide bonds. The Morgan fingerprint density at radius 1 is 1.07 bits per heavy atom. The maximum absolute atomic E-state index is 12.8. The molecule has 29 heavy (non-hydrogen) atoms. The molecule has 154 valence electrons. The third-order valence-corrected chi connectivity index (χ3v) is 5.57. The zero-order chi connectivity index (χ0) is 20.8. The number of esters is 1. The van der Waals surface area contributed by atoms with E-state index in [1.165, 1.54) is 11.1 Å². The van der Waals surface area contributed by atoms with Crippen molar-refractivity contribution in [2.45, 2.75) is 40.2 Å². The van der Waals surface area contributed by atoms with Crippen LogP contribution in [-0.4, -0.2) is 36.5 Å². The van der Waals surface area contributed by atoms with Gasteiger partial charge in [0, 0.05) is 18.2 Å². The van der Waals surface area contributed by atoms with Gasteiger partial charge in [-0.2, -0.15) is 0 Å². The van der Waals surface area contributed by atoms with Crippen LogP contribution in [0.15, 0.2) is 42.5 Å². The van der Waals surface area contributed by atoms with E-state index in [4.69, 9.17) is 4.74 Å². The lowest BCUT2D eigenvalue weighted by Crippen LogP contribution is -2.37. The topological polar surface area (TPSA) is 58.6 Å². The molecular formula is C24H30N2O3. The SMILES string of the molecule is CCOC(=O)c1cccc(NC(=O)C2CCN(Cc3ccc(C)cc3)CC2)c1C. The van der Waals surface area contributed by atoms with Crippen molar-refractivity contribution in [2.24, 2.45) is 5.92 Å². The maximum Gasteiger partial charge on any atom is 0.338 e. The molecular weight excluding hydrogens is 364 g/mol. The molecule has 5 nitrogen and oxygen atoms in total. The van der Waals surface area contributed by atoms with Crippen LogP contribution in [0.3, 0.4) is 0 Å². The van der Waals surface area contributed by atoms with Crippen LogP contribution in [0.2, 0.25) is 0 Å². The largest absolute Gasteiger partial charge is 0.462 e. The second-order valence-corrected chi connectivity index (χ2v) is 7.72. The predicted molar refractivity (Wildman–Crippen MR) is 115 cm³/mol. The summed E-state index contributed by atoms with van der Waals surface area (Å²) in [5.74, 6) is -0.329. The lowest BCUT2D eigenvalue weighted by Gasteiger charge is -2.31. The van der Waals surface area contributed by atoms with Crippen molar-refractivity contribution in [3.05, 3.63) is 64.7 Å². The van der Waals surface area contributed by atoms with Crippen LogP contribution in [0.25, 0.3) is 0 Å². The van der Waals surface area contributed by atoms with Gasteiger partial charge in [0.2, 0.25) is 5.91 Å². The quantitative estimate of drug-likeness (QED) is 0.741. The van der Waals surface area contributed by atoms with E-state index in [0.29, 0.717) is 17.9 Å². The van der Waals surface area contributed by atoms with Gasteiger partial charge in [-0.15, -0.1) is 0 Å². The Hall–Kier alpha value is -2.66. The van der Waals surface area contributed by atoms with Crippen LogP contribution < -0.4 is 5.32 Å². The molecule has 1 N–H and O–H groups in total. The predicted octanol–water partition coefficient (Wildman–Crippen LogP) is 4.33. The number of nitrogens with one attached hydrogen (secondary N) is 1. The van der Waals surface area contributed by atoms with Crippen molar-refractivity contribution in [3.63, 3.8) is 0 Å². The first-order chi connectivity index (χ1) is 14.0. The number of rotatable bonds is 6. The van der Waals surface area contributed by atoms with Crippen molar-refractivity contribution in [1.29, 1.82) is 0 Å². The number of hydrogen-bond donors (Lipinski definition) is 1. The van der Waals surface area contributed by atoms with Crippen molar-refractivity contribution in [2.75, 3.05) is 25.0 Å². The molecule has 0 unspecified atom stereocenters. The van der Waals surface area contributed by atoms with Crippen LogP contribution in [0.4, 0.5) is 5.69 Å². The zero-order valence-corrected chi connectivity index (χ0v) is 17.5. The van der Waals surface area contributed by atoms with E-state index in [0.717, 1.165) is 38.0 Å².